The molecule has 0 saturated carbocycles. The Morgan fingerprint density at radius 2 is 2.14 bits per heavy atom. The lowest BCUT2D eigenvalue weighted by molar-refractivity contribution is -0.137. The van der Waals surface area contributed by atoms with Crippen LogP contribution in [0.1, 0.15) is 39.2 Å². The van der Waals surface area contributed by atoms with Crippen LogP contribution in [-0.2, 0) is 16.0 Å². The third-order valence-electron chi connectivity index (χ3n) is 2.59. The Morgan fingerprint density at radius 3 is 2.62 bits per heavy atom. The van der Waals surface area contributed by atoms with Gasteiger partial charge in [0.1, 0.15) is 5.60 Å². The summed E-state index contributed by atoms with van der Waals surface area (Å²) in [6.07, 6.45) is 0.224. The summed E-state index contributed by atoms with van der Waals surface area (Å²) in [6, 6.07) is 1.54. The highest BCUT2D eigenvalue weighted by Crippen LogP contribution is 2.24. The molecular weight excluding hydrogens is 314 g/mol. The van der Waals surface area contributed by atoms with Gasteiger partial charge in [-0.1, -0.05) is 11.6 Å². The summed E-state index contributed by atoms with van der Waals surface area (Å²) < 4.78 is 5.85. The van der Waals surface area contributed by atoms with E-state index < -0.39 is 17.7 Å². The molecule has 1 aromatic heterocycles. The molecule has 1 heterocycles. The lowest BCUT2D eigenvalue weighted by Crippen LogP contribution is -2.40. The highest BCUT2D eigenvalue weighted by molar-refractivity contribution is 7.14. The lowest BCUT2D eigenvalue weighted by atomic mass is 10.0. The van der Waals surface area contributed by atoms with Crippen LogP contribution in [0.5, 0.6) is 0 Å². The van der Waals surface area contributed by atoms with Crippen molar-refractivity contribution in [2.24, 2.45) is 0 Å². The minimum atomic E-state index is -0.901. The average molecular weight is 334 g/mol. The summed E-state index contributed by atoms with van der Waals surface area (Å²) >= 11 is 7.45. The van der Waals surface area contributed by atoms with Crippen molar-refractivity contribution in [1.82, 2.24) is 5.32 Å². The molecule has 0 saturated heterocycles. The van der Waals surface area contributed by atoms with E-state index in [0.717, 1.165) is 5.56 Å². The molecule has 1 amide bonds. The first-order valence-corrected chi connectivity index (χ1v) is 7.86. The zero-order chi connectivity index (χ0) is 16.0. The van der Waals surface area contributed by atoms with Crippen molar-refractivity contribution in [3.63, 3.8) is 0 Å². The number of nitrogens with one attached hydrogen (secondary N) is 1. The van der Waals surface area contributed by atoms with Crippen LogP contribution in [0.15, 0.2) is 11.4 Å². The minimum absolute atomic E-state index is 0.0256. The lowest BCUT2D eigenvalue weighted by Gasteiger charge is -2.23. The normalized spacial score (nSPS) is 12.8. The number of carbonyl (C=O) groups excluding carboxylic acids is 1. The Kier molecular flexibility index (Phi) is 6.48. The summed E-state index contributed by atoms with van der Waals surface area (Å²) in [7, 11) is 0. The van der Waals surface area contributed by atoms with Crippen molar-refractivity contribution < 1.29 is 19.4 Å². The first-order chi connectivity index (χ1) is 9.67. The van der Waals surface area contributed by atoms with Gasteiger partial charge >= 0.3 is 12.1 Å². The molecule has 0 aliphatic rings. The molecule has 0 fully saturated rings. The number of hydrogen-bond acceptors (Lipinski definition) is 4. The van der Waals surface area contributed by atoms with E-state index in [1.165, 1.54) is 11.3 Å². The number of carbonyl (C=O) groups is 2. The number of carboxylic acid groups (broad SMARTS) is 1. The molecule has 21 heavy (non-hydrogen) atoms. The van der Waals surface area contributed by atoms with Crippen molar-refractivity contribution >= 4 is 35.0 Å². The molecule has 0 aliphatic heterocycles. The summed E-state index contributed by atoms with van der Waals surface area (Å²) in [5.41, 5.74) is 0.301. The fraction of sp³-hybridized carbons (Fsp3) is 0.571. The van der Waals surface area contributed by atoms with Gasteiger partial charge in [0.05, 0.1) is 4.34 Å². The second-order valence-electron chi connectivity index (χ2n) is 5.70. The van der Waals surface area contributed by atoms with Gasteiger partial charge in [-0.15, -0.1) is 11.3 Å². The molecule has 0 aromatic carbocycles. The quantitative estimate of drug-likeness (QED) is 0.832. The third kappa shape index (κ3) is 7.34. The van der Waals surface area contributed by atoms with E-state index in [-0.39, 0.29) is 12.5 Å². The summed E-state index contributed by atoms with van der Waals surface area (Å²) in [5.74, 6) is -0.901. The highest BCUT2D eigenvalue weighted by atomic mass is 35.5. The Hall–Kier alpha value is -1.27. The standard InChI is InChI=1S/C14H20ClNO4S/c1-14(2,3)20-13(19)16-10(4-5-11(17)18)8-9-6-7-21-12(9)15/h6-7,10H,4-5,8H2,1-3H3,(H,16,19)(H,17,18). The highest BCUT2D eigenvalue weighted by Gasteiger charge is 2.21. The maximum absolute atomic E-state index is 11.8. The Morgan fingerprint density at radius 1 is 1.48 bits per heavy atom. The fourth-order valence-corrected chi connectivity index (χ4v) is 2.68. The average Bonchev–Trinajstić information content (AvgIpc) is 2.69. The minimum Gasteiger partial charge on any atom is -0.481 e. The predicted octanol–water partition coefficient (Wildman–Crippen LogP) is 3.70. The van der Waals surface area contributed by atoms with Crippen LogP contribution in [0.4, 0.5) is 4.79 Å². The van der Waals surface area contributed by atoms with Gasteiger partial charge in [0.2, 0.25) is 0 Å². The number of alkyl carbamates (subject to hydrolysis) is 1. The molecule has 1 atom stereocenters. The molecule has 0 radical (unpaired) electrons. The second kappa shape index (κ2) is 7.66. The molecule has 0 aliphatic carbocycles. The summed E-state index contributed by atoms with van der Waals surface area (Å²) in [4.78, 5) is 22.5. The van der Waals surface area contributed by atoms with Crippen molar-refractivity contribution in [1.29, 1.82) is 0 Å². The smallest absolute Gasteiger partial charge is 0.407 e. The van der Waals surface area contributed by atoms with Crippen LogP contribution < -0.4 is 5.32 Å². The van der Waals surface area contributed by atoms with Gasteiger partial charge in [0, 0.05) is 12.5 Å². The first-order valence-electron chi connectivity index (χ1n) is 6.60. The van der Waals surface area contributed by atoms with Crippen molar-refractivity contribution in [3.8, 4) is 0 Å². The third-order valence-corrected chi connectivity index (χ3v) is 3.84. The van der Waals surface area contributed by atoms with E-state index in [4.69, 9.17) is 21.4 Å². The summed E-state index contributed by atoms with van der Waals surface area (Å²) in [6.45, 7) is 5.32. The monoisotopic (exact) mass is 333 g/mol. The van der Waals surface area contributed by atoms with Gasteiger partial charge in [0.25, 0.3) is 0 Å². The number of halogens is 1. The van der Waals surface area contributed by atoms with E-state index in [9.17, 15) is 9.59 Å². The molecule has 1 unspecified atom stereocenters. The molecule has 2 N–H and O–H groups in total. The van der Waals surface area contributed by atoms with E-state index in [0.29, 0.717) is 17.2 Å². The molecule has 118 valence electrons. The zero-order valence-corrected chi connectivity index (χ0v) is 13.9. The molecule has 0 bridgehead atoms. The van der Waals surface area contributed by atoms with E-state index in [2.05, 4.69) is 5.32 Å². The van der Waals surface area contributed by atoms with Crippen LogP contribution in [0.3, 0.4) is 0 Å². The van der Waals surface area contributed by atoms with Gasteiger partial charge in [-0.25, -0.2) is 4.79 Å². The molecule has 7 heteroatoms. The maximum Gasteiger partial charge on any atom is 0.407 e. The van der Waals surface area contributed by atoms with E-state index in [1.54, 1.807) is 20.8 Å². The van der Waals surface area contributed by atoms with Gasteiger partial charge in [-0.3, -0.25) is 4.79 Å². The molecule has 1 aromatic rings. The number of thiophene rings is 1. The Bertz CT molecular complexity index is 495. The predicted molar refractivity (Wildman–Crippen MR) is 83.1 cm³/mol. The number of aliphatic carboxylic acids is 1. The summed E-state index contributed by atoms with van der Waals surface area (Å²) in [5, 5.41) is 13.4. The van der Waals surface area contributed by atoms with Crippen molar-refractivity contribution in [3.05, 3.63) is 21.3 Å². The van der Waals surface area contributed by atoms with E-state index >= 15 is 0 Å². The Labute approximate surface area is 133 Å². The van der Waals surface area contributed by atoms with Crippen molar-refractivity contribution in [2.45, 2.75) is 51.7 Å². The van der Waals surface area contributed by atoms with Crippen LogP contribution in [0, 0.1) is 0 Å². The topological polar surface area (TPSA) is 75.6 Å². The zero-order valence-electron chi connectivity index (χ0n) is 12.3. The number of rotatable bonds is 6. The number of amides is 1. The number of hydrogen-bond donors (Lipinski definition) is 2. The largest absolute Gasteiger partial charge is 0.481 e. The van der Waals surface area contributed by atoms with E-state index in [1.807, 2.05) is 11.4 Å². The number of ether oxygens (including phenoxy) is 1. The van der Waals surface area contributed by atoms with Gasteiger partial charge in [-0.2, -0.15) is 0 Å². The van der Waals surface area contributed by atoms with Crippen molar-refractivity contribution in [2.75, 3.05) is 0 Å². The van der Waals surface area contributed by atoms with Crippen LogP contribution in [0.25, 0.3) is 0 Å². The van der Waals surface area contributed by atoms with Gasteiger partial charge in [0.15, 0.2) is 0 Å². The fourth-order valence-electron chi connectivity index (χ4n) is 1.73. The molecule has 1 rings (SSSR count). The van der Waals surface area contributed by atoms with Crippen LogP contribution in [0.2, 0.25) is 4.34 Å². The molecular formula is C14H20ClNO4S. The SMILES string of the molecule is CC(C)(C)OC(=O)NC(CCC(=O)O)Cc1ccsc1Cl. The maximum atomic E-state index is 11.8. The molecule has 5 nitrogen and oxygen atoms in total. The first kappa shape index (κ1) is 17.8. The van der Waals surface area contributed by atoms with Gasteiger partial charge < -0.3 is 15.2 Å². The molecule has 0 spiro atoms. The van der Waals surface area contributed by atoms with Crippen LogP contribution >= 0.6 is 22.9 Å². The number of carboxylic acids is 1. The van der Waals surface area contributed by atoms with Gasteiger partial charge in [-0.05, 0) is 50.6 Å². The Balaban J connectivity index is 2.66. The second-order valence-corrected chi connectivity index (χ2v) is 7.22. The van der Waals surface area contributed by atoms with Crippen LogP contribution in [-0.4, -0.2) is 28.8 Å².